The quantitative estimate of drug-likeness (QED) is 0.826. The topological polar surface area (TPSA) is 44.5 Å². The van der Waals surface area contributed by atoms with Gasteiger partial charge in [0.05, 0.1) is 7.11 Å². The Kier molecular flexibility index (Phi) is 5.91. The van der Waals surface area contributed by atoms with E-state index in [4.69, 9.17) is 26.8 Å². The van der Waals surface area contributed by atoms with Crippen LogP contribution < -0.4 is 15.2 Å². The van der Waals surface area contributed by atoms with Crippen LogP contribution >= 0.6 is 22.9 Å². The van der Waals surface area contributed by atoms with Gasteiger partial charge in [0.15, 0.2) is 11.5 Å². The molecule has 1 aromatic carbocycles. The Morgan fingerprint density at radius 2 is 2.19 bits per heavy atom. The maximum Gasteiger partial charge on any atom is 0.165 e. The first-order valence-electron chi connectivity index (χ1n) is 6.91. The van der Waals surface area contributed by atoms with Crippen LogP contribution in [0.4, 0.5) is 0 Å². The zero-order chi connectivity index (χ0) is 15.2. The molecule has 0 aliphatic rings. The molecule has 114 valence electrons. The maximum absolute atomic E-state index is 6.15. The van der Waals surface area contributed by atoms with Crippen LogP contribution in [0, 0.1) is 0 Å². The van der Waals surface area contributed by atoms with Crippen molar-refractivity contribution in [3.05, 3.63) is 45.1 Å². The summed E-state index contributed by atoms with van der Waals surface area (Å²) < 4.78 is 11.4. The summed E-state index contributed by atoms with van der Waals surface area (Å²) in [4.78, 5) is 1.16. The number of ether oxygens (including phenoxy) is 2. The summed E-state index contributed by atoms with van der Waals surface area (Å²) in [5.41, 5.74) is 7.06. The van der Waals surface area contributed by atoms with Crippen LogP contribution in [0.5, 0.6) is 11.5 Å². The van der Waals surface area contributed by atoms with Crippen molar-refractivity contribution < 1.29 is 9.47 Å². The first kappa shape index (κ1) is 16.1. The monoisotopic (exact) mass is 325 g/mol. The maximum atomic E-state index is 6.15. The number of halogens is 1. The average molecular weight is 326 g/mol. The standard InChI is InChI=1S/C16H20ClNO2S/c1-3-13(18)8-11-7-12(17)9-15(19-2)16(11)20-10-14-5-4-6-21-14/h4-7,9,13H,3,8,10,18H2,1-2H3. The highest BCUT2D eigenvalue weighted by molar-refractivity contribution is 7.09. The zero-order valence-electron chi connectivity index (χ0n) is 12.3. The Morgan fingerprint density at radius 1 is 1.38 bits per heavy atom. The molecule has 0 bridgehead atoms. The van der Waals surface area contributed by atoms with Gasteiger partial charge in [-0.3, -0.25) is 0 Å². The molecule has 0 aliphatic heterocycles. The van der Waals surface area contributed by atoms with Gasteiger partial charge in [0.2, 0.25) is 0 Å². The van der Waals surface area contributed by atoms with E-state index in [-0.39, 0.29) is 6.04 Å². The second-order valence-electron chi connectivity index (χ2n) is 4.84. The molecule has 21 heavy (non-hydrogen) atoms. The fourth-order valence-electron chi connectivity index (χ4n) is 2.05. The van der Waals surface area contributed by atoms with Gasteiger partial charge >= 0.3 is 0 Å². The molecule has 2 aromatic rings. The van der Waals surface area contributed by atoms with E-state index in [0.717, 1.165) is 22.6 Å². The van der Waals surface area contributed by atoms with Crippen LogP contribution in [0.1, 0.15) is 23.8 Å². The minimum absolute atomic E-state index is 0.0808. The molecule has 0 radical (unpaired) electrons. The smallest absolute Gasteiger partial charge is 0.165 e. The molecule has 3 nitrogen and oxygen atoms in total. The van der Waals surface area contributed by atoms with Crippen LogP contribution in [-0.2, 0) is 13.0 Å². The van der Waals surface area contributed by atoms with Gasteiger partial charge in [-0.2, -0.15) is 0 Å². The van der Waals surface area contributed by atoms with E-state index in [9.17, 15) is 0 Å². The summed E-state index contributed by atoms with van der Waals surface area (Å²) in [6.07, 6.45) is 1.62. The highest BCUT2D eigenvalue weighted by Crippen LogP contribution is 2.36. The molecule has 1 unspecified atom stereocenters. The molecular weight excluding hydrogens is 306 g/mol. The average Bonchev–Trinajstić information content (AvgIpc) is 2.98. The van der Waals surface area contributed by atoms with Crippen molar-refractivity contribution in [2.75, 3.05) is 7.11 Å². The molecule has 2 rings (SSSR count). The summed E-state index contributed by atoms with van der Waals surface area (Å²) in [6, 6.07) is 7.81. The molecule has 0 fully saturated rings. The van der Waals surface area contributed by atoms with Crippen molar-refractivity contribution in [2.24, 2.45) is 5.73 Å². The number of hydrogen-bond acceptors (Lipinski definition) is 4. The number of nitrogens with two attached hydrogens (primary N) is 1. The summed E-state index contributed by atoms with van der Waals surface area (Å²) in [5, 5.41) is 2.67. The molecule has 1 aromatic heterocycles. The summed E-state index contributed by atoms with van der Waals surface area (Å²) in [7, 11) is 1.62. The molecule has 0 amide bonds. The third kappa shape index (κ3) is 4.37. The van der Waals surface area contributed by atoms with Gasteiger partial charge in [-0.05, 0) is 30.4 Å². The number of hydrogen-bond donors (Lipinski definition) is 1. The SMILES string of the molecule is CCC(N)Cc1cc(Cl)cc(OC)c1OCc1cccs1. The second-order valence-corrected chi connectivity index (χ2v) is 6.31. The van der Waals surface area contributed by atoms with E-state index in [1.807, 2.05) is 23.6 Å². The van der Waals surface area contributed by atoms with Gasteiger partial charge < -0.3 is 15.2 Å². The van der Waals surface area contributed by atoms with E-state index in [2.05, 4.69) is 6.92 Å². The first-order valence-corrected chi connectivity index (χ1v) is 8.17. The Hall–Kier alpha value is -1.23. The zero-order valence-corrected chi connectivity index (χ0v) is 13.8. The van der Waals surface area contributed by atoms with Crippen LogP contribution in [0.3, 0.4) is 0 Å². The van der Waals surface area contributed by atoms with Gasteiger partial charge in [0.25, 0.3) is 0 Å². The summed E-state index contributed by atoms with van der Waals surface area (Å²) in [5.74, 6) is 1.39. The molecule has 1 atom stereocenters. The van der Waals surface area contributed by atoms with Crippen molar-refractivity contribution in [3.63, 3.8) is 0 Å². The van der Waals surface area contributed by atoms with Crippen molar-refractivity contribution >= 4 is 22.9 Å². The highest BCUT2D eigenvalue weighted by atomic mass is 35.5. The molecule has 5 heteroatoms. The second kappa shape index (κ2) is 7.69. The van der Waals surface area contributed by atoms with Crippen LogP contribution in [0.15, 0.2) is 29.6 Å². The van der Waals surface area contributed by atoms with E-state index in [0.29, 0.717) is 23.8 Å². The highest BCUT2D eigenvalue weighted by Gasteiger charge is 2.15. The normalized spacial score (nSPS) is 12.2. The van der Waals surface area contributed by atoms with Gasteiger partial charge in [0.1, 0.15) is 6.61 Å². The third-order valence-electron chi connectivity index (χ3n) is 3.26. The summed E-state index contributed by atoms with van der Waals surface area (Å²) in [6.45, 7) is 2.59. The van der Waals surface area contributed by atoms with Crippen LogP contribution in [0.2, 0.25) is 5.02 Å². The number of methoxy groups -OCH3 is 1. The Balaban J connectivity index is 2.26. The lowest BCUT2D eigenvalue weighted by Gasteiger charge is -2.17. The fourth-order valence-corrected chi connectivity index (χ4v) is 2.90. The fraction of sp³-hybridized carbons (Fsp3) is 0.375. The number of thiophene rings is 1. The first-order chi connectivity index (χ1) is 10.1. The molecule has 0 saturated heterocycles. The molecular formula is C16H20ClNO2S. The van der Waals surface area contributed by atoms with E-state index >= 15 is 0 Å². The van der Waals surface area contributed by atoms with Crippen molar-refractivity contribution in [1.82, 2.24) is 0 Å². The number of benzene rings is 1. The lowest BCUT2D eigenvalue weighted by atomic mass is 10.0. The minimum atomic E-state index is 0.0808. The summed E-state index contributed by atoms with van der Waals surface area (Å²) >= 11 is 7.82. The predicted molar refractivity (Wildman–Crippen MR) is 88.6 cm³/mol. The Labute approximate surface area is 134 Å². The van der Waals surface area contributed by atoms with Crippen LogP contribution in [-0.4, -0.2) is 13.2 Å². The third-order valence-corrected chi connectivity index (χ3v) is 4.33. The van der Waals surface area contributed by atoms with Gasteiger partial charge in [-0.1, -0.05) is 24.6 Å². The predicted octanol–water partition coefficient (Wildman–Crippen LogP) is 4.27. The van der Waals surface area contributed by atoms with Crippen molar-refractivity contribution in [2.45, 2.75) is 32.4 Å². The van der Waals surface area contributed by atoms with Crippen LogP contribution in [0.25, 0.3) is 0 Å². The van der Waals surface area contributed by atoms with E-state index < -0.39 is 0 Å². The molecule has 0 aliphatic carbocycles. The lowest BCUT2D eigenvalue weighted by Crippen LogP contribution is -2.21. The van der Waals surface area contributed by atoms with Gasteiger partial charge in [0, 0.05) is 27.6 Å². The van der Waals surface area contributed by atoms with E-state index in [1.165, 1.54) is 0 Å². The molecule has 1 heterocycles. The molecule has 0 saturated carbocycles. The Morgan fingerprint density at radius 3 is 2.81 bits per heavy atom. The minimum Gasteiger partial charge on any atom is -0.493 e. The Bertz CT molecular complexity index is 572. The lowest BCUT2D eigenvalue weighted by molar-refractivity contribution is 0.283. The largest absolute Gasteiger partial charge is 0.493 e. The van der Waals surface area contributed by atoms with Gasteiger partial charge in [-0.15, -0.1) is 11.3 Å². The van der Waals surface area contributed by atoms with E-state index in [1.54, 1.807) is 24.5 Å². The molecule has 0 spiro atoms. The number of rotatable bonds is 7. The van der Waals surface area contributed by atoms with Crippen molar-refractivity contribution in [3.8, 4) is 11.5 Å². The van der Waals surface area contributed by atoms with Gasteiger partial charge in [-0.25, -0.2) is 0 Å². The molecule has 2 N–H and O–H groups in total. The van der Waals surface area contributed by atoms with Crippen molar-refractivity contribution in [1.29, 1.82) is 0 Å².